The summed E-state index contributed by atoms with van der Waals surface area (Å²) >= 11 is 11.3. The molecule has 0 aromatic heterocycles. The van der Waals surface area contributed by atoms with Gasteiger partial charge in [0.25, 0.3) is 5.78 Å². The maximum absolute atomic E-state index is 10.8. The van der Waals surface area contributed by atoms with Gasteiger partial charge >= 0.3 is 5.97 Å². The molecule has 0 saturated carbocycles. The Morgan fingerprint density at radius 2 is 1.75 bits per heavy atom. The van der Waals surface area contributed by atoms with Gasteiger partial charge in [-0.2, -0.15) is 0 Å². The van der Waals surface area contributed by atoms with Crippen molar-refractivity contribution in [2.45, 2.75) is 0 Å². The summed E-state index contributed by atoms with van der Waals surface area (Å²) in [6.07, 6.45) is 0.599. The molecule has 4 nitrogen and oxygen atoms in total. The third-order valence-electron chi connectivity index (χ3n) is 1.69. The zero-order chi connectivity index (χ0) is 12.3. The normalized spacial score (nSPS) is 11.2. The number of benzene rings is 1. The zero-order valence-corrected chi connectivity index (χ0v) is 9.29. The van der Waals surface area contributed by atoms with Crippen molar-refractivity contribution in [1.29, 1.82) is 0 Å². The standard InChI is InChI=1S/C10H6Cl2O4/c11-6-2-1-5(3-7(6)12)8(13)4-9(14)10(15)16/h1-4,13H,(H,15,16). The second-order valence-corrected chi connectivity index (χ2v) is 3.64. The van der Waals surface area contributed by atoms with Gasteiger partial charge in [0.05, 0.1) is 10.0 Å². The first kappa shape index (κ1) is 12.5. The van der Waals surface area contributed by atoms with E-state index in [1.165, 1.54) is 18.2 Å². The Labute approximate surface area is 101 Å². The van der Waals surface area contributed by atoms with E-state index in [0.717, 1.165) is 0 Å². The number of carboxylic acids is 1. The van der Waals surface area contributed by atoms with Gasteiger partial charge in [-0.25, -0.2) is 4.79 Å². The molecule has 0 unspecified atom stereocenters. The molecule has 0 aliphatic heterocycles. The summed E-state index contributed by atoms with van der Waals surface area (Å²) in [5.74, 6) is -3.35. The van der Waals surface area contributed by atoms with Crippen molar-refractivity contribution in [2.75, 3.05) is 0 Å². The third-order valence-corrected chi connectivity index (χ3v) is 2.43. The fraction of sp³-hybridized carbons (Fsp3) is 0. The van der Waals surface area contributed by atoms with Crippen LogP contribution < -0.4 is 0 Å². The van der Waals surface area contributed by atoms with Crippen LogP contribution in [0.3, 0.4) is 0 Å². The first-order valence-corrected chi connectivity index (χ1v) is 4.80. The molecule has 0 aliphatic rings. The number of carbonyl (C=O) groups excluding carboxylic acids is 1. The minimum Gasteiger partial charge on any atom is -0.507 e. The third kappa shape index (κ3) is 2.98. The zero-order valence-electron chi connectivity index (χ0n) is 7.78. The van der Waals surface area contributed by atoms with Gasteiger partial charge in [0.2, 0.25) is 0 Å². The monoisotopic (exact) mass is 260 g/mol. The number of rotatable bonds is 3. The van der Waals surface area contributed by atoms with Crippen molar-refractivity contribution in [1.82, 2.24) is 0 Å². The lowest BCUT2D eigenvalue weighted by Gasteiger charge is -2.01. The van der Waals surface area contributed by atoms with Crippen molar-refractivity contribution < 1.29 is 19.8 Å². The van der Waals surface area contributed by atoms with Gasteiger partial charge in [-0.15, -0.1) is 0 Å². The highest BCUT2D eigenvalue weighted by Crippen LogP contribution is 2.25. The molecule has 1 aromatic carbocycles. The van der Waals surface area contributed by atoms with Crippen LogP contribution in [0.15, 0.2) is 24.3 Å². The van der Waals surface area contributed by atoms with Gasteiger partial charge in [0.15, 0.2) is 0 Å². The lowest BCUT2D eigenvalue weighted by atomic mass is 10.1. The second kappa shape index (κ2) is 5.01. The molecule has 0 atom stereocenters. The SMILES string of the molecule is O=C(O)C(=O)C=C(O)c1ccc(Cl)c(Cl)c1. The molecule has 0 aliphatic carbocycles. The van der Waals surface area contributed by atoms with Crippen LogP contribution >= 0.6 is 23.2 Å². The van der Waals surface area contributed by atoms with Crippen LogP contribution in [-0.4, -0.2) is 22.0 Å². The lowest BCUT2D eigenvalue weighted by Crippen LogP contribution is -2.09. The molecule has 2 N–H and O–H groups in total. The maximum Gasteiger partial charge on any atom is 0.376 e. The first-order valence-electron chi connectivity index (χ1n) is 4.05. The molecule has 1 aromatic rings. The summed E-state index contributed by atoms with van der Waals surface area (Å²) in [6, 6.07) is 4.16. The Balaban J connectivity index is 3.05. The van der Waals surface area contributed by atoms with Crippen LogP contribution in [0.5, 0.6) is 0 Å². The number of aliphatic hydroxyl groups excluding tert-OH is 1. The lowest BCUT2D eigenvalue weighted by molar-refractivity contribution is -0.146. The van der Waals surface area contributed by atoms with E-state index in [9.17, 15) is 14.7 Å². The van der Waals surface area contributed by atoms with E-state index in [0.29, 0.717) is 11.1 Å². The largest absolute Gasteiger partial charge is 0.507 e. The van der Waals surface area contributed by atoms with E-state index in [2.05, 4.69) is 0 Å². The summed E-state index contributed by atoms with van der Waals surface area (Å²) in [5.41, 5.74) is 0.212. The molecular weight excluding hydrogens is 255 g/mol. The van der Waals surface area contributed by atoms with Crippen LogP contribution in [0.2, 0.25) is 10.0 Å². The van der Waals surface area contributed by atoms with E-state index in [-0.39, 0.29) is 10.6 Å². The van der Waals surface area contributed by atoms with Crippen LogP contribution in [0.1, 0.15) is 5.56 Å². The molecule has 0 fully saturated rings. The fourth-order valence-corrected chi connectivity index (χ4v) is 1.22. The number of carboxylic acid groups (broad SMARTS) is 1. The van der Waals surface area contributed by atoms with E-state index in [4.69, 9.17) is 28.3 Å². The second-order valence-electron chi connectivity index (χ2n) is 2.83. The molecule has 0 radical (unpaired) electrons. The number of hydrogen-bond donors (Lipinski definition) is 2. The Morgan fingerprint density at radius 3 is 2.25 bits per heavy atom. The van der Waals surface area contributed by atoms with Crippen molar-refractivity contribution in [3.8, 4) is 0 Å². The molecule has 0 amide bonds. The predicted octanol–water partition coefficient (Wildman–Crippen LogP) is 2.55. The van der Waals surface area contributed by atoms with E-state index >= 15 is 0 Å². The average molecular weight is 261 g/mol. The molecule has 16 heavy (non-hydrogen) atoms. The molecule has 1 rings (SSSR count). The van der Waals surface area contributed by atoms with Gasteiger partial charge in [0.1, 0.15) is 5.76 Å². The van der Waals surface area contributed by atoms with Crippen LogP contribution in [0.25, 0.3) is 5.76 Å². The molecule has 0 spiro atoms. The van der Waals surface area contributed by atoms with E-state index < -0.39 is 17.5 Å². The van der Waals surface area contributed by atoms with Gasteiger partial charge in [-0.3, -0.25) is 4.79 Å². The van der Waals surface area contributed by atoms with Crippen molar-refractivity contribution in [3.63, 3.8) is 0 Å². The van der Waals surface area contributed by atoms with Gasteiger partial charge in [-0.1, -0.05) is 23.2 Å². The number of carbonyl (C=O) groups is 2. The Hall–Kier alpha value is -1.52. The molecule has 0 saturated heterocycles. The Morgan fingerprint density at radius 1 is 1.12 bits per heavy atom. The van der Waals surface area contributed by atoms with Crippen LogP contribution in [0, 0.1) is 0 Å². The Bertz CT molecular complexity index is 480. The summed E-state index contributed by atoms with van der Waals surface area (Å²) in [5, 5.41) is 18.2. The number of hydrogen-bond acceptors (Lipinski definition) is 3. The van der Waals surface area contributed by atoms with Gasteiger partial charge in [0, 0.05) is 11.6 Å². The van der Waals surface area contributed by atoms with Gasteiger partial charge < -0.3 is 10.2 Å². The quantitative estimate of drug-likeness (QED) is 0.498. The molecule has 0 bridgehead atoms. The number of halogens is 2. The van der Waals surface area contributed by atoms with Crippen molar-refractivity contribution >= 4 is 40.7 Å². The minimum absolute atomic E-state index is 0.196. The molecular formula is C10H6Cl2O4. The number of ketones is 1. The van der Waals surface area contributed by atoms with Gasteiger partial charge in [-0.05, 0) is 18.2 Å². The fourth-order valence-electron chi connectivity index (χ4n) is 0.925. The smallest absolute Gasteiger partial charge is 0.376 e. The van der Waals surface area contributed by atoms with Crippen molar-refractivity contribution in [2.24, 2.45) is 0 Å². The Kier molecular flexibility index (Phi) is 3.93. The molecule has 84 valence electrons. The summed E-state index contributed by atoms with van der Waals surface area (Å²) in [4.78, 5) is 21.0. The molecule has 6 heteroatoms. The highest BCUT2D eigenvalue weighted by atomic mass is 35.5. The summed E-state index contributed by atoms with van der Waals surface area (Å²) < 4.78 is 0. The van der Waals surface area contributed by atoms with Crippen molar-refractivity contribution in [3.05, 3.63) is 39.9 Å². The van der Waals surface area contributed by atoms with Crippen LogP contribution in [-0.2, 0) is 9.59 Å². The maximum atomic E-state index is 10.8. The summed E-state index contributed by atoms with van der Waals surface area (Å²) in [7, 11) is 0. The molecule has 0 heterocycles. The number of aliphatic carboxylic acids is 1. The highest BCUT2D eigenvalue weighted by Gasteiger charge is 2.11. The topological polar surface area (TPSA) is 74.6 Å². The minimum atomic E-state index is -1.65. The predicted molar refractivity (Wildman–Crippen MR) is 59.7 cm³/mol. The van der Waals surface area contributed by atoms with E-state index in [1.807, 2.05) is 0 Å². The highest BCUT2D eigenvalue weighted by molar-refractivity contribution is 6.42. The van der Waals surface area contributed by atoms with E-state index in [1.54, 1.807) is 0 Å². The summed E-state index contributed by atoms with van der Waals surface area (Å²) in [6.45, 7) is 0. The average Bonchev–Trinajstić information content (AvgIpc) is 2.21. The first-order chi connectivity index (χ1) is 7.41. The number of aliphatic hydroxyl groups is 1. The van der Waals surface area contributed by atoms with Crippen LogP contribution in [0.4, 0.5) is 0 Å².